The lowest BCUT2D eigenvalue weighted by Gasteiger charge is -2.38. The van der Waals surface area contributed by atoms with Crippen molar-refractivity contribution in [2.75, 3.05) is 10.6 Å². The number of rotatable bonds is 14. The van der Waals surface area contributed by atoms with Gasteiger partial charge in [0.05, 0.1) is 43.7 Å². The number of hydrogen-bond donors (Lipinski definition) is 3. The highest BCUT2D eigenvalue weighted by Crippen LogP contribution is 2.38. The standard InChI is InChI=1S/C31H34ClN5O4.C26H26ClN5O2.C10H18O5.CH4/c1-31(2,3)41-30(38)36(19-20-11-14-23(15-12-20)37(39)40)24-9-6-8-22(17-24)34-29-33-18-27(32)28(35-29)26-16-13-21-7-4-5-10-25(21)26;27-24-16-29-26(31-25(24)23-13-10-18-4-1-2-7-22(18)23)30-20-6-3-5-19(14-20)28-15-17-8-11-21(12-9-17)32(33)34;1-9(2,3)14-7(11)13-8(12)15-10(4,5)6;/h4-5,7,10-12,14-16,18,22,24H,6,8-9,13,17,19H2,1-3H3,(H,33,34,35);1-2,4,7-9,11-13,16,19-20,28H,3,5-6,10,14-15H2,(H,29,30,31);1-6H3;1H4/t22-,24+;19-,20+;;/m10../s1. The lowest BCUT2D eigenvalue weighted by atomic mass is 9.90. The number of amides is 1. The van der Waals surface area contributed by atoms with Gasteiger partial charge in [-0.3, -0.25) is 20.2 Å². The number of fused-ring (bicyclic) bond motifs is 2. The minimum Gasteiger partial charge on any atom is -0.444 e. The van der Waals surface area contributed by atoms with Crippen LogP contribution in [0.4, 0.5) is 37.7 Å². The van der Waals surface area contributed by atoms with Crippen LogP contribution in [0, 0.1) is 20.2 Å². The van der Waals surface area contributed by atoms with Gasteiger partial charge in [-0.05, 0) is 160 Å². The molecule has 2 saturated carbocycles. The summed E-state index contributed by atoms with van der Waals surface area (Å²) in [6.45, 7) is 16.5. The molecule has 4 aliphatic carbocycles. The van der Waals surface area contributed by atoms with Crippen molar-refractivity contribution >= 4 is 76.0 Å². The molecule has 91 heavy (non-hydrogen) atoms. The van der Waals surface area contributed by atoms with Crippen LogP contribution < -0.4 is 16.0 Å². The van der Waals surface area contributed by atoms with Crippen molar-refractivity contribution in [2.45, 2.75) is 188 Å². The van der Waals surface area contributed by atoms with E-state index in [0.717, 1.165) is 91.3 Å². The Balaban J connectivity index is 0.000000212. The number of nitrogens with one attached hydrogen (secondary N) is 3. The zero-order chi connectivity index (χ0) is 64.9. The minimum atomic E-state index is -1.06. The van der Waals surface area contributed by atoms with Gasteiger partial charge in [0.25, 0.3) is 11.4 Å². The molecule has 23 heteroatoms. The average molecular weight is 1290 g/mol. The number of carbonyl (C=O) groups is 3. The molecule has 2 fully saturated rings. The van der Waals surface area contributed by atoms with Crippen molar-refractivity contribution in [3.63, 3.8) is 0 Å². The van der Waals surface area contributed by atoms with Crippen LogP contribution in [-0.4, -0.2) is 94.1 Å². The second-order valence-electron chi connectivity index (χ2n) is 25.5. The number of carbonyl (C=O) groups excluding carboxylic acids is 3. The number of nitro groups is 2. The summed E-state index contributed by atoms with van der Waals surface area (Å²) in [6.07, 6.45) is 14.4. The van der Waals surface area contributed by atoms with Gasteiger partial charge in [0, 0.05) is 72.7 Å². The van der Waals surface area contributed by atoms with Crippen LogP contribution in [0.2, 0.25) is 10.0 Å². The molecule has 0 radical (unpaired) electrons. The Labute approximate surface area is 542 Å². The first-order valence-electron chi connectivity index (χ1n) is 30.1. The van der Waals surface area contributed by atoms with Crippen molar-refractivity contribution < 1.29 is 43.2 Å². The highest BCUT2D eigenvalue weighted by atomic mass is 35.5. The summed E-state index contributed by atoms with van der Waals surface area (Å²) in [4.78, 5) is 76.8. The van der Waals surface area contributed by atoms with Gasteiger partial charge in [-0.15, -0.1) is 0 Å². The molecule has 0 aliphatic heterocycles. The van der Waals surface area contributed by atoms with Crippen molar-refractivity contribution in [3.8, 4) is 0 Å². The van der Waals surface area contributed by atoms with Crippen LogP contribution in [0.1, 0.15) is 166 Å². The van der Waals surface area contributed by atoms with Crippen LogP contribution in [0.3, 0.4) is 0 Å². The normalized spacial score (nSPS) is 17.4. The second kappa shape index (κ2) is 31.0. The fraction of sp³-hybridized carbons (Fsp3) is 0.426. The fourth-order valence-electron chi connectivity index (χ4n) is 10.9. The average Bonchev–Trinajstić information content (AvgIpc) is 1.75. The molecule has 0 spiro atoms. The maximum atomic E-state index is 13.4. The molecule has 4 atom stereocenters. The molecule has 10 rings (SSSR count). The summed E-state index contributed by atoms with van der Waals surface area (Å²) >= 11 is 13.0. The van der Waals surface area contributed by atoms with E-state index in [4.69, 9.17) is 47.4 Å². The highest BCUT2D eigenvalue weighted by molar-refractivity contribution is 6.32. The van der Waals surface area contributed by atoms with E-state index in [0.29, 0.717) is 53.2 Å². The Morgan fingerprint density at radius 2 is 1.01 bits per heavy atom. The van der Waals surface area contributed by atoms with Gasteiger partial charge in [-0.25, -0.2) is 34.3 Å². The third kappa shape index (κ3) is 20.7. The number of benzene rings is 4. The first-order chi connectivity index (χ1) is 42.6. The SMILES string of the molecule is C.CC(C)(C)OC(=O)N(Cc1ccc([N+](=O)[O-])cc1)[C@H]1CCC[C@@H](Nc2ncc(Cl)c(C3=CCc4ccccc43)n2)C1.CC(C)(C)OC(=O)OC(=O)OC(C)(C)C.O=[N+]([O-])c1ccc(CN[C@H]2CCC[C@@H](Nc3ncc(Cl)c(C4=CCc5ccccc54)n3)C2)cc1. The first kappa shape index (κ1) is 69.9. The summed E-state index contributed by atoms with van der Waals surface area (Å²) in [5.74, 6) is 1.10. The zero-order valence-electron chi connectivity index (χ0n) is 52.2. The molecule has 0 unspecified atom stereocenters. The van der Waals surface area contributed by atoms with Crippen LogP contribution >= 0.6 is 23.2 Å². The molecule has 6 aromatic rings. The predicted molar refractivity (Wildman–Crippen MR) is 353 cm³/mol. The number of non-ortho nitro benzene ring substituents is 2. The number of allylic oxidation sites excluding steroid dienone is 2. The van der Waals surface area contributed by atoms with Gasteiger partial charge in [-0.1, -0.05) is 116 Å². The molecule has 0 bridgehead atoms. The number of ether oxygens (including phenoxy) is 4. The smallest absolute Gasteiger partial charge is 0.444 e. The number of halogens is 2. The molecular formula is C68H82Cl2N10O11. The van der Waals surface area contributed by atoms with Crippen LogP contribution in [-0.2, 0) is 44.9 Å². The van der Waals surface area contributed by atoms with E-state index in [-0.39, 0.29) is 41.9 Å². The molecule has 484 valence electrons. The van der Waals surface area contributed by atoms with Gasteiger partial charge < -0.3 is 39.8 Å². The molecule has 4 aromatic carbocycles. The Morgan fingerprint density at radius 3 is 1.47 bits per heavy atom. The summed E-state index contributed by atoms with van der Waals surface area (Å²) < 4.78 is 19.6. The lowest BCUT2D eigenvalue weighted by Crippen LogP contribution is -2.46. The molecular weight excluding hydrogens is 1200 g/mol. The number of nitrogens with zero attached hydrogens (tertiary/aromatic N) is 7. The first-order valence-corrected chi connectivity index (χ1v) is 30.9. The monoisotopic (exact) mass is 1280 g/mol. The maximum absolute atomic E-state index is 13.4. The Bertz CT molecular complexity index is 3580. The number of nitro benzene ring substituents is 2. The van der Waals surface area contributed by atoms with E-state index in [1.807, 2.05) is 51.1 Å². The van der Waals surface area contributed by atoms with E-state index in [1.165, 1.54) is 28.8 Å². The molecule has 3 N–H and O–H groups in total. The predicted octanol–water partition coefficient (Wildman–Crippen LogP) is 16.2. The Hall–Kier alpha value is -8.53. The maximum Gasteiger partial charge on any atom is 0.519 e. The molecule has 21 nitrogen and oxygen atoms in total. The van der Waals surface area contributed by atoms with E-state index in [9.17, 15) is 34.6 Å². The summed E-state index contributed by atoms with van der Waals surface area (Å²) in [5, 5.41) is 33.6. The van der Waals surface area contributed by atoms with Crippen LogP contribution in [0.5, 0.6) is 0 Å². The van der Waals surface area contributed by atoms with Gasteiger partial charge in [-0.2, -0.15) is 0 Å². The van der Waals surface area contributed by atoms with Crippen molar-refractivity contribution in [1.82, 2.24) is 30.2 Å². The molecule has 4 aliphatic rings. The molecule has 2 aromatic heterocycles. The minimum absolute atomic E-state index is 0. The van der Waals surface area contributed by atoms with E-state index < -0.39 is 40.1 Å². The third-order valence-corrected chi connectivity index (χ3v) is 15.5. The number of aromatic nitrogens is 4. The van der Waals surface area contributed by atoms with Gasteiger partial charge in [0.15, 0.2) is 0 Å². The summed E-state index contributed by atoms with van der Waals surface area (Å²) in [6, 6.07) is 30.2. The fourth-order valence-corrected chi connectivity index (χ4v) is 11.3. The number of anilines is 2. The quantitative estimate of drug-likeness (QED) is 0.0301. The van der Waals surface area contributed by atoms with E-state index >= 15 is 0 Å². The Kier molecular flexibility index (Phi) is 23.8. The molecule has 1 amide bonds. The van der Waals surface area contributed by atoms with Gasteiger partial charge >= 0.3 is 18.4 Å². The Morgan fingerprint density at radius 1 is 0.582 bits per heavy atom. The van der Waals surface area contributed by atoms with E-state index in [2.05, 4.69) is 73.1 Å². The van der Waals surface area contributed by atoms with Crippen LogP contribution in [0.15, 0.2) is 122 Å². The largest absolute Gasteiger partial charge is 0.519 e. The van der Waals surface area contributed by atoms with Gasteiger partial charge in [0.2, 0.25) is 11.9 Å². The third-order valence-electron chi connectivity index (χ3n) is 14.9. The van der Waals surface area contributed by atoms with Crippen molar-refractivity contribution in [3.05, 3.63) is 197 Å². The molecule has 0 saturated heterocycles. The summed E-state index contributed by atoms with van der Waals surface area (Å²) in [5.41, 5.74) is 8.33. The van der Waals surface area contributed by atoms with Crippen molar-refractivity contribution in [1.29, 1.82) is 0 Å². The topological polar surface area (TPSA) is 265 Å². The second-order valence-corrected chi connectivity index (χ2v) is 26.3. The van der Waals surface area contributed by atoms with Gasteiger partial charge in [0.1, 0.15) is 16.8 Å². The zero-order valence-corrected chi connectivity index (χ0v) is 53.7. The highest BCUT2D eigenvalue weighted by Gasteiger charge is 2.34. The number of hydrogen-bond acceptors (Lipinski definition) is 18. The van der Waals surface area contributed by atoms with Crippen molar-refractivity contribution in [2.24, 2.45) is 0 Å². The lowest BCUT2D eigenvalue weighted by molar-refractivity contribution is -0.385. The van der Waals surface area contributed by atoms with Crippen LogP contribution in [0.25, 0.3) is 11.1 Å². The summed E-state index contributed by atoms with van der Waals surface area (Å²) in [7, 11) is 0. The van der Waals surface area contributed by atoms with E-state index in [1.54, 1.807) is 83.1 Å². The molecule has 2 heterocycles.